The third-order valence-electron chi connectivity index (χ3n) is 7.19. The van der Waals surface area contributed by atoms with Crippen molar-refractivity contribution in [3.05, 3.63) is 66.2 Å². The summed E-state index contributed by atoms with van der Waals surface area (Å²) in [5.41, 5.74) is 1.31. The summed E-state index contributed by atoms with van der Waals surface area (Å²) in [6, 6.07) is 17.3. The Balaban J connectivity index is 1.63. The van der Waals surface area contributed by atoms with Crippen molar-refractivity contribution < 1.29 is 24.2 Å². The predicted molar refractivity (Wildman–Crippen MR) is 160 cm³/mol. The summed E-state index contributed by atoms with van der Waals surface area (Å²) in [4.78, 5) is 42.7. The summed E-state index contributed by atoms with van der Waals surface area (Å²) in [7, 11) is 1.69. The molecule has 0 fully saturated rings. The number of rotatable bonds is 7. The quantitative estimate of drug-likeness (QED) is 0.331. The largest absolute Gasteiger partial charge is 0.485 e. The lowest BCUT2D eigenvalue weighted by molar-refractivity contribution is 0.0373. The highest BCUT2D eigenvalue weighted by molar-refractivity contribution is 6.02. The zero-order valence-electron chi connectivity index (χ0n) is 24.2. The highest BCUT2D eigenvalue weighted by Gasteiger charge is 2.35. The Morgan fingerprint density at radius 3 is 2.44 bits per heavy atom. The Kier molecular flexibility index (Phi) is 9.34. The monoisotopic (exact) mass is 561 g/mol. The highest BCUT2D eigenvalue weighted by atomic mass is 16.5. The highest BCUT2D eigenvalue weighted by Crippen LogP contribution is 2.35. The molecule has 0 spiro atoms. The molecule has 0 aromatic heterocycles. The zero-order chi connectivity index (χ0) is 29.7. The van der Waals surface area contributed by atoms with Crippen LogP contribution in [0.4, 0.5) is 21.0 Å². The molecule has 3 aromatic rings. The molecule has 0 saturated heterocycles. The maximum atomic E-state index is 13.6. The van der Waals surface area contributed by atoms with Gasteiger partial charge in [0.1, 0.15) is 6.10 Å². The zero-order valence-corrected chi connectivity index (χ0v) is 24.2. The number of hydrogen-bond donors (Lipinski definition) is 4. The molecule has 4 N–H and O–H groups in total. The maximum absolute atomic E-state index is 13.6. The lowest BCUT2D eigenvalue weighted by Crippen LogP contribution is -2.50. The Labute approximate surface area is 240 Å². The van der Waals surface area contributed by atoms with Gasteiger partial charge in [-0.25, -0.2) is 9.59 Å². The van der Waals surface area contributed by atoms with Gasteiger partial charge in [0.2, 0.25) is 0 Å². The van der Waals surface area contributed by atoms with E-state index in [0.29, 0.717) is 17.9 Å². The molecule has 0 bridgehead atoms. The van der Waals surface area contributed by atoms with Crippen LogP contribution in [0, 0.1) is 5.92 Å². The van der Waals surface area contributed by atoms with Gasteiger partial charge in [0, 0.05) is 30.9 Å². The number of amides is 5. The summed E-state index contributed by atoms with van der Waals surface area (Å²) >= 11 is 0. The van der Waals surface area contributed by atoms with Gasteiger partial charge in [-0.3, -0.25) is 4.79 Å². The van der Waals surface area contributed by atoms with E-state index in [9.17, 15) is 19.5 Å². The third kappa shape index (κ3) is 6.89. The van der Waals surface area contributed by atoms with Crippen LogP contribution in [-0.2, 0) is 0 Å². The van der Waals surface area contributed by atoms with E-state index >= 15 is 0 Å². The molecular weight excluding hydrogens is 522 g/mol. The van der Waals surface area contributed by atoms with E-state index in [2.05, 4.69) is 16.0 Å². The number of nitrogens with one attached hydrogen (secondary N) is 3. The molecule has 1 aliphatic rings. The third-order valence-corrected chi connectivity index (χ3v) is 7.19. The summed E-state index contributed by atoms with van der Waals surface area (Å²) in [5.74, 6) is -0.292. The minimum atomic E-state index is -0.533. The fourth-order valence-electron chi connectivity index (χ4n) is 4.88. The Morgan fingerprint density at radius 2 is 1.71 bits per heavy atom. The van der Waals surface area contributed by atoms with Gasteiger partial charge in [-0.2, -0.15) is 0 Å². The molecule has 3 atom stereocenters. The molecule has 0 saturated carbocycles. The van der Waals surface area contributed by atoms with Crippen molar-refractivity contribution in [3.8, 4) is 5.75 Å². The Hall–Kier alpha value is -4.31. The van der Waals surface area contributed by atoms with E-state index in [1.165, 1.54) is 0 Å². The van der Waals surface area contributed by atoms with Crippen molar-refractivity contribution in [2.75, 3.05) is 37.4 Å². The molecule has 218 valence electrons. The van der Waals surface area contributed by atoms with Crippen LogP contribution < -0.4 is 20.7 Å². The van der Waals surface area contributed by atoms with Crippen molar-refractivity contribution in [2.45, 2.75) is 45.9 Å². The number of carbonyl (C=O) groups is 3. The number of urea groups is 2. The number of para-hydroxylation sites is 1. The summed E-state index contributed by atoms with van der Waals surface area (Å²) in [6.45, 7) is 7.73. The van der Waals surface area contributed by atoms with Crippen LogP contribution in [0.2, 0.25) is 0 Å². The van der Waals surface area contributed by atoms with Crippen LogP contribution in [0.15, 0.2) is 60.7 Å². The van der Waals surface area contributed by atoms with E-state index in [1.54, 1.807) is 42.0 Å². The number of anilines is 2. The first kappa shape index (κ1) is 29.7. The number of hydrogen-bond acceptors (Lipinski definition) is 5. The molecule has 4 rings (SSSR count). The van der Waals surface area contributed by atoms with Crippen molar-refractivity contribution >= 4 is 40.1 Å². The second kappa shape index (κ2) is 12.9. The summed E-state index contributed by atoms with van der Waals surface area (Å²) < 4.78 is 6.49. The molecule has 5 amide bonds. The average Bonchev–Trinajstić information content (AvgIpc) is 2.94. The Bertz CT molecular complexity index is 1410. The molecule has 10 heteroatoms. The smallest absolute Gasteiger partial charge is 0.321 e. The number of benzene rings is 3. The first-order valence-corrected chi connectivity index (χ1v) is 13.9. The van der Waals surface area contributed by atoms with Crippen LogP contribution in [0.5, 0.6) is 5.75 Å². The van der Waals surface area contributed by atoms with Crippen molar-refractivity contribution in [1.82, 2.24) is 15.1 Å². The standard InChI is InChI=1S/C31H39N5O5/c1-19(2)32-30(39)33-26-15-9-13-24-28(26)41-27(20(3)16-36(29(24)38)21(4)18-37)17-35(5)31(40)34-25-14-8-11-22-10-6-7-12-23(22)25/h6-15,19-21,27,37H,16-18H2,1-5H3,(H,34,40)(H2,32,33,39)/t20-,21-,27-/m0/s1. The molecule has 0 unspecified atom stereocenters. The van der Waals surface area contributed by atoms with Gasteiger partial charge < -0.3 is 35.6 Å². The molecule has 1 aliphatic heterocycles. The SMILES string of the molecule is CC(C)NC(=O)Nc1cccc2c1O[C@@H](CN(C)C(=O)Nc1cccc3ccccc13)[C@@H](C)CN([C@@H](C)CO)C2=O. The number of aliphatic hydroxyl groups is 1. The van der Waals surface area contributed by atoms with Crippen LogP contribution >= 0.6 is 0 Å². The fourth-order valence-corrected chi connectivity index (χ4v) is 4.88. The minimum absolute atomic E-state index is 0.0920. The van der Waals surface area contributed by atoms with E-state index in [0.717, 1.165) is 10.8 Å². The number of carbonyl (C=O) groups excluding carboxylic acids is 3. The first-order chi connectivity index (χ1) is 19.6. The minimum Gasteiger partial charge on any atom is -0.485 e. The molecule has 0 aliphatic carbocycles. The first-order valence-electron chi connectivity index (χ1n) is 13.9. The lowest BCUT2D eigenvalue weighted by atomic mass is 9.99. The van der Waals surface area contributed by atoms with Crippen molar-refractivity contribution in [2.24, 2.45) is 5.92 Å². The van der Waals surface area contributed by atoms with E-state index in [1.807, 2.05) is 63.2 Å². The summed E-state index contributed by atoms with van der Waals surface area (Å²) in [6.07, 6.45) is -0.533. The van der Waals surface area contributed by atoms with Crippen molar-refractivity contribution in [1.29, 1.82) is 0 Å². The predicted octanol–water partition coefficient (Wildman–Crippen LogP) is 4.75. The van der Waals surface area contributed by atoms with Gasteiger partial charge in [-0.05, 0) is 44.4 Å². The van der Waals surface area contributed by atoms with Crippen molar-refractivity contribution in [3.63, 3.8) is 0 Å². The number of ether oxygens (including phenoxy) is 1. The second-order valence-corrected chi connectivity index (χ2v) is 10.9. The summed E-state index contributed by atoms with van der Waals surface area (Å²) in [5, 5.41) is 20.4. The fraction of sp³-hybridized carbons (Fsp3) is 0.387. The molecule has 10 nitrogen and oxygen atoms in total. The van der Waals surface area contributed by atoms with Crippen LogP contribution in [-0.4, -0.2) is 77.8 Å². The normalized spacial score (nSPS) is 17.6. The van der Waals surface area contributed by atoms with Gasteiger partial charge in [0.25, 0.3) is 5.91 Å². The van der Waals surface area contributed by atoms with Crippen LogP contribution in [0.25, 0.3) is 10.8 Å². The van der Waals surface area contributed by atoms with E-state index < -0.39 is 18.2 Å². The topological polar surface area (TPSA) is 123 Å². The molecule has 1 heterocycles. The molecular formula is C31H39N5O5. The number of aliphatic hydroxyl groups excluding tert-OH is 1. The average molecular weight is 562 g/mol. The van der Waals surface area contributed by atoms with E-state index in [-0.39, 0.29) is 48.4 Å². The number of likely N-dealkylation sites (N-methyl/N-ethyl adjacent to an activating group) is 1. The van der Waals surface area contributed by atoms with Gasteiger partial charge in [0.05, 0.1) is 36.1 Å². The molecule has 41 heavy (non-hydrogen) atoms. The van der Waals surface area contributed by atoms with Gasteiger partial charge in [-0.1, -0.05) is 49.4 Å². The van der Waals surface area contributed by atoms with Gasteiger partial charge >= 0.3 is 12.1 Å². The number of fused-ring (bicyclic) bond motifs is 2. The lowest BCUT2D eigenvalue weighted by Gasteiger charge is -2.38. The van der Waals surface area contributed by atoms with Crippen LogP contribution in [0.3, 0.4) is 0 Å². The van der Waals surface area contributed by atoms with Gasteiger partial charge in [-0.15, -0.1) is 0 Å². The maximum Gasteiger partial charge on any atom is 0.321 e. The van der Waals surface area contributed by atoms with E-state index in [4.69, 9.17) is 4.74 Å². The number of nitrogens with zero attached hydrogens (tertiary/aromatic N) is 2. The molecule has 3 aromatic carbocycles. The molecule has 0 radical (unpaired) electrons. The second-order valence-electron chi connectivity index (χ2n) is 10.9. The van der Waals surface area contributed by atoms with Gasteiger partial charge in [0.15, 0.2) is 5.75 Å². The van der Waals surface area contributed by atoms with Crippen LogP contribution in [0.1, 0.15) is 38.1 Å². The Morgan fingerprint density at radius 1 is 1.02 bits per heavy atom.